The van der Waals surface area contributed by atoms with E-state index in [0.29, 0.717) is 17.3 Å². The normalized spacial score (nSPS) is 15.9. The largest absolute Gasteiger partial charge is 0.416 e. The summed E-state index contributed by atoms with van der Waals surface area (Å²) >= 11 is 1.13. The van der Waals surface area contributed by atoms with Crippen LogP contribution in [0.1, 0.15) is 5.56 Å². The average molecular weight is 266 g/mol. The Morgan fingerprint density at radius 1 is 1.35 bits per heavy atom. The van der Waals surface area contributed by atoms with Gasteiger partial charge in [-0.1, -0.05) is 0 Å². The van der Waals surface area contributed by atoms with Gasteiger partial charge >= 0.3 is 6.18 Å². The van der Waals surface area contributed by atoms with Crippen LogP contribution < -0.4 is 9.62 Å². The topological polar surface area (TPSA) is 15.3 Å². The average Bonchev–Trinajstić information content (AvgIpc) is 2.28. The number of halogens is 4. The molecule has 0 aliphatic carbocycles. The predicted molar refractivity (Wildman–Crippen MR) is 58.6 cm³/mol. The third-order valence-corrected chi connectivity index (χ3v) is 3.24. The van der Waals surface area contributed by atoms with Gasteiger partial charge in [0.05, 0.1) is 17.9 Å². The molecule has 1 aromatic rings. The van der Waals surface area contributed by atoms with Crippen molar-refractivity contribution in [1.29, 1.82) is 0 Å². The second-order valence-electron chi connectivity index (χ2n) is 3.54. The molecule has 1 aliphatic heterocycles. The molecule has 2 nitrogen and oxygen atoms in total. The SMILES string of the molecule is FCCN1CNSc2cc(C(F)(F)F)ccc21. The van der Waals surface area contributed by atoms with Crippen molar-refractivity contribution in [1.82, 2.24) is 4.72 Å². The number of alkyl halides is 4. The number of nitrogens with zero attached hydrogens (tertiary/aromatic N) is 1. The Hall–Kier alpha value is -0.950. The molecule has 0 spiro atoms. The van der Waals surface area contributed by atoms with Crippen LogP contribution in [0.15, 0.2) is 23.1 Å². The third kappa shape index (κ3) is 2.66. The lowest BCUT2D eigenvalue weighted by Crippen LogP contribution is -2.36. The summed E-state index contributed by atoms with van der Waals surface area (Å²) in [7, 11) is 0. The summed E-state index contributed by atoms with van der Waals surface area (Å²) in [6.07, 6.45) is -4.35. The van der Waals surface area contributed by atoms with E-state index in [9.17, 15) is 17.6 Å². The lowest BCUT2D eigenvalue weighted by atomic mass is 10.2. The van der Waals surface area contributed by atoms with Gasteiger partial charge < -0.3 is 4.90 Å². The van der Waals surface area contributed by atoms with Crippen LogP contribution in [-0.2, 0) is 6.18 Å². The lowest BCUT2D eigenvalue weighted by Gasteiger charge is -2.30. The van der Waals surface area contributed by atoms with Crippen molar-refractivity contribution in [3.05, 3.63) is 23.8 Å². The summed E-state index contributed by atoms with van der Waals surface area (Å²) in [4.78, 5) is 2.14. The molecule has 0 radical (unpaired) electrons. The molecule has 0 atom stereocenters. The quantitative estimate of drug-likeness (QED) is 0.654. The molecule has 0 bridgehead atoms. The highest BCUT2D eigenvalue weighted by Crippen LogP contribution is 2.37. The molecule has 0 saturated heterocycles. The van der Waals surface area contributed by atoms with Crippen LogP contribution in [0.25, 0.3) is 0 Å². The van der Waals surface area contributed by atoms with E-state index in [-0.39, 0.29) is 6.54 Å². The minimum absolute atomic E-state index is 0.173. The van der Waals surface area contributed by atoms with Crippen LogP contribution in [0, 0.1) is 0 Å². The van der Waals surface area contributed by atoms with E-state index in [1.54, 1.807) is 4.90 Å². The monoisotopic (exact) mass is 266 g/mol. The first-order valence-corrected chi connectivity index (χ1v) is 5.76. The fraction of sp³-hybridized carbons (Fsp3) is 0.400. The van der Waals surface area contributed by atoms with E-state index in [1.165, 1.54) is 6.07 Å². The molecule has 17 heavy (non-hydrogen) atoms. The van der Waals surface area contributed by atoms with Gasteiger partial charge in [-0.05, 0) is 30.1 Å². The van der Waals surface area contributed by atoms with E-state index in [0.717, 1.165) is 24.1 Å². The molecular weight excluding hydrogens is 256 g/mol. The van der Waals surface area contributed by atoms with Gasteiger partial charge in [0.15, 0.2) is 0 Å². The molecule has 0 aromatic heterocycles. The number of rotatable bonds is 2. The number of fused-ring (bicyclic) bond motifs is 1. The highest BCUT2D eigenvalue weighted by atomic mass is 32.2. The molecule has 1 aromatic carbocycles. The van der Waals surface area contributed by atoms with E-state index >= 15 is 0 Å². The summed E-state index contributed by atoms with van der Waals surface area (Å²) in [6, 6.07) is 3.50. The number of anilines is 1. The van der Waals surface area contributed by atoms with E-state index in [1.807, 2.05) is 0 Å². The number of hydrogen-bond acceptors (Lipinski definition) is 3. The van der Waals surface area contributed by atoms with Gasteiger partial charge in [0.2, 0.25) is 0 Å². The van der Waals surface area contributed by atoms with Crippen LogP contribution in [0.2, 0.25) is 0 Å². The summed E-state index contributed by atoms with van der Waals surface area (Å²) in [5.74, 6) is 0. The maximum atomic E-state index is 12.5. The third-order valence-electron chi connectivity index (χ3n) is 2.42. The first-order valence-electron chi connectivity index (χ1n) is 4.94. The molecule has 2 rings (SSSR count). The summed E-state index contributed by atoms with van der Waals surface area (Å²) < 4.78 is 52.6. The number of nitrogens with one attached hydrogen (secondary N) is 1. The van der Waals surface area contributed by atoms with Crippen LogP contribution >= 0.6 is 11.9 Å². The van der Waals surface area contributed by atoms with Gasteiger partial charge in [-0.25, -0.2) is 9.11 Å². The molecule has 1 heterocycles. The summed E-state index contributed by atoms with van der Waals surface area (Å²) in [5.41, 5.74) is -0.0490. The lowest BCUT2D eigenvalue weighted by molar-refractivity contribution is -0.137. The molecule has 7 heteroatoms. The highest BCUT2D eigenvalue weighted by Gasteiger charge is 2.32. The van der Waals surface area contributed by atoms with Gasteiger partial charge in [0, 0.05) is 11.4 Å². The van der Waals surface area contributed by atoms with Crippen molar-refractivity contribution in [3.8, 4) is 0 Å². The van der Waals surface area contributed by atoms with Crippen molar-refractivity contribution in [2.75, 3.05) is 24.8 Å². The standard InChI is InChI=1S/C10H10F4N2S/c11-3-4-16-6-15-17-9-5-7(10(12,13)14)1-2-8(9)16/h1-2,5,15H,3-4,6H2. The Morgan fingerprint density at radius 3 is 2.76 bits per heavy atom. The van der Waals surface area contributed by atoms with Crippen molar-refractivity contribution in [2.24, 2.45) is 0 Å². The zero-order valence-corrected chi connectivity index (χ0v) is 9.54. The minimum Gasteiger partial charge on any atom is -0.354 e. The molecule has 0 saturated carbocycles. The number of hydrogen-bond donors (Lipinski definition) is 1. The predicted octanol–water partition coefficient (Wildman–Crippen LogP) is 3.05. The van der Waals surface area contributed by atoms with Gasteiger partial charge in [-0.15, -0.1) is 0 Å². The van der Waals surface area contributed by atoms with Crippen molar-refractivity contribution < 1.29 is 17.6 Å². The Morgan fingerprint density at radius 2 is 2.12 bits per heavy atom. The van der Waals surface area contributed by atoms with Crippen LogP contribution in [0.4, 0.5) is 23.2 Å². The minimum atomic E-state index is -4.35. The Bertz CT molecular complexity index is 408. The number of benzene rings is 1. The first kappa shape index (κ1) is 12.5. The van der Waals surface area contributed by atoms with Crippen LogP contribution in [-0.4, -0.2) is 19.9 Å². The zero-order chi connectivity index (χ0) is 12.5. The highest BCUT2D eigenvalue weighted by molar-refractivity contribution is 7.97. The fourth-order valence-electron chi connectivity index (χ4n) is 1.61. The second-order valence-corrected chi connectivity index (χ2v) is 4.47. The Labute approximate surface area is 100 Å². The van der Waals surface area contributed by atoms with Crippen molar-refractivity contribution >= 4 is 17.6 Å². The Kier molecular flexibility index (Phi) is 3.48. The van der Waals surface area contributed by atoms with Gasteiger partial charge in [0.25, 0.3) is 0 Å². The molecule has 1 N–H and O–H groups in total. The van der Waals surface area contributed by atoms with Crippen molar-refractivity contribution in [3.63, 3.8) is 0 Å². The molecular formula is C10H10F4N2S. The van der Waals surface area contributed by atoms with Crippen LogP contribution in [0.5, 0.6) is 0 Å². The van der Waals surface area contributed by atoms with Gasteiger partial charge in [-0.2, -0.15) is 13.2 Å². The fourth-order valence-corrected chi connectivity index (χ4v) is 2.47. The smallest absolute Gasteiger partial charge is 0.354 e. The van der Waals surface area contributed by atoms with Crippen molar-refractivity contribution in [2.45, 2.75) is 11.1 Å². The maximum Gasteiger partial charge on any atom is 0.416 e. The van der Waals surface area contributed by atoms with E-state index < -0.39 is 18.4 Å². The molecule has 0 amide bonds. The zero-order valence-electron chi connectivity index (χ0n) is 8.72. The second kappa shape index (κ2) is 4.73. The van der Waals surface area contributed by atoms with Gasteiger partial charge in [0.1, 0.15) is 6.67 Å². The molecule has 0 fully saturated rings. The molecule has 0 unspecified atom stereocenters. The maximum absolute atomic E-state index is 12.5. The summed E-state index contributed by atoms with van der Waals surface area (Å²) in [6.45, 7) is 0.0612. The molecule has 94 valence electrons. The van der Waals surface area contributed by atoms with Crippen LogP contribution in [0.3, 0.4) is 0 Å². The first-order chi connectivity index (χ1) is 8.02. The van der Waals surface area contributed by atoms with E-state index in [4.69, 9.17) is 0 Å². The Balaban J connectivity index is 2.33. The summed E-state index contributed by atoms with van der Waals surface area (Å²) in [5, 5.41) is 0. The van der Waals surface area contributed by atoms with Gasteiger partial charge in [-0.3, -0.25) is 0 Å². The molecule has 1 aliphatic rings. The van der Waals surface area contributed by atoms with E-state index in [2.05, 4.69) is 4.72 Å².